The number of hydrogen-bond donors (Lipinski definition) is 1. The molecule has 0 spiro atoms. The largest absolute Gasteiger partial charge is 0.383 e. The van der Waals surface area contributed by atoms with Crippen LogP contribution >= 0.6 is 0 Å². The van der Waals surface area contributed by atoms with Crippen molar-refractivity contribution in [3.05, 3.63) is 0 Å². The molecule has 15 heavy (non-hydrogen) atoms. The number of methoxy groups -OCH3 is 1. The van der Waals surface area contributed by atoms with Crippen LogP contribution in [0.3, 0.4) is 0 Å². The van der Waals surface area contributed by atoms with Crippen molar-refractivity contribution < 1.29 is 4.74 Å². The first-order valence-electron chi connectivity index (χ1n) is 5.96. The summed E-state index contributed by atoms with van der Waals surface area (Å²) in [4.78, 5) is 2.47. The number of ether oxygens (including phenoxy) is 1. The molecular formula is C12H28N2O. The lowest BCUT2D eigenvalue weighted by atomic mass is 10.1. The maximum Gasteiger partial charge on any atom is 0.0589 e. The summed E-state index contributed by atoms with van der Waals surface area (Å²) >= 11 is 0. The summed E-state index contributed by atoms with van der Waals surface area (Å²) in [5.74, 6) is 0.692. The van der Waals surface area contributed by atoms with Crippen molar-refractivity contribution in [2.75, 3.05) is 26.8 Å². The first kappa shape index (κ1) is 14.9. The van der Waals surface area contributed by atoms with E-state index in [-0.39, 0.29) is 6.04 Å². The average molecular weight is 216 g/mol. The molecule has 0 aromatic carbocycles. The minimum atomic E-state index is 0.275. The van der Waals surface area contributed by atoms with Gasteiger partial charge in [-0.25, -0.2) is 0 Å². The zero-order valence-corrected chi connectivity index (χ0v) is 11.0. The molecule has 0 aliphatic carbocycles. The van der Waals surface area contributed by atoms with Crippen molar-refractivity contribution in [1.82, 2.24) is 4.90 Å². The lowest BCUT2D eigenvalue weighted by molar-refractivity contribution is 0.110. The molecule has 2 N–H and O–H groups in total. The summed E-state index contributed by atoms with van der Waals surface area (Å²) in [5.41, 5.74) is 5.83. The lowest BCUT2D eigenvalue weighted by Gasteiger charge is -2.31. The van der Waals surface area contributed by atoms with Gasteiger partial charge >= 0.3 is 0 Å². The summed E-state index contributed by atoms with van der Waals surface area (Å²) < 4.78 is 5.14. The van der Waals surface area contributed by atoms with Gasteiger partial charge in [-0.05, 0) is 26.2 Å². The lowest BCUT2D eigenvalue weighted by Crippen LogP contribution is -2.41. The molecule has 0 radical (unpaired) electrons. The minimum Gasteiger partial charge on any atom is -0.383 e. The molecule has 3 heteroatoms. The third-order valence-corrected chi connectivity index (χ3v) is 2.52. The van der Waals surface area contributed by atoms with Crippen LogP contribution < -0.4 is 5.73 Å². The summed E-state index contributed by atoms with van der Waals surface area (Å²) in [7, 11) is 1.75. The van der Waals surface area contributed by atoms with Crippen LogP contribution in [0.4, 0.5) is 0 Å². The average Bonchev–Trinajstić information content (AvgIpc) is 2.10. The second kappa shape index (κ2) is 8.08. The highest BCUT2D eigenvalue weighted by atomic mass is 16.5. The third-order valence-electron chi connectivity index (χ3n) is 2.52. The maximum absolute atomic E-state index is 5.83. The van der Waals surface area contributed by atoms with Gasteiger partial charge in [0.1, 0.15) is 0 Å². The molecule has 0 aromatic rings. The number of nitrogens with zero attached hydrogens (tertiary/aromatic N) is 1. The summed E-state index contributed by atoms with van der Waals surface area (Å²) in [6.45, 7) is 11.7. The van der Waals surface area contributed by atoms with E-state index in [9.17, 15) is 0 Å². The molecule has 0 saturated carbocycles. The molecule has 0 heterocycles. The fraction of sp³-hybridized carbons (Fsp3) is 1.00. The molecular weight excluding hydrogens is 188 g/mol. The molecule has 0 aliphatic rings. The molecule has 2 atom stereocenters. The Balaban J connectivity index is 4.07. The van der Waals surface area contributed by atoms with Crippen molar-refractivity contribution >= 4 is 0 Å². The fourth-order valence-corrected chi connectivity index (χ4v) is 1.86. The van der Waals surface area contributed by atoms with Crippen LogP contribution in [0.2, 0.25) is 0 Å². The Morgan fingerprint density at radius 2 is 1.80 bits per heavy atom. The smallest absolute Gasteiger partial charge is 0.0589 e. The SMILES string of the molecule is COCCN(CC(C)C)C(C)CC(C)N. The van der Waals surface area contributed by atoms with E-state index >= 15 is 0 Å². The van der Waals surface area contributed by atoms with Crippen LogP contribution in [0.5, 0.6) is 0 Å². The molecule has 3 nitrogen and oxygen atoms in total. The number of hydrogen-bond acceptors (Lipinski definition) is 3. The molecule has 0 amide bonds. The molecule has 0 rings (SSSR count). The van der Waals surface area contributed by atoms with Crippen LogP contribution in [0.1, 0.15) is 34.1 Å². The third kappa shape index (κ3) is 7.77. The molecule has 0 bridgehead atoms. The van der Waals surface area contributed by atoms with Crippen LogP contribution in [0.15, 0.2) is 0 Å². The van der Waals surface area contributed by atoms with E-state index in [0.29, 0.717) is 12.0 Å². The monoisotopic (exact) mass is 216 g/mol. The van der Waals surface area contributed by atoms with E-state index in [0.717, 1.165) is 26.1 Å². The zero-order chi connectivity index (χ0) is 11.8. The Labute approximate surface area is 95.0 Å². The van der Waals surface area contributed by atoms with Crippen molar-refractivity contribution in [2.24, 2.45) is 11.7 Å². The molecule has 0 aromatic heterocycles. The quantitative estimate of drug-likeness (QED) is 0.671. The van der Waals surface area contributed by atoms with Crippen molar-refractivity contribution in [2.45, 2.75) is 46.2 Å². The van der Waals surface area contributed by atoms with Crippen LogP contribution in [-0.4, -0.2) is 43.8 Å². The summed E-state index contributed by atoms with van der Waals surface area (Å²) in [5, 5.41) is 0. The molecule has 0 fully saturated rings. The highest BCUT2D eigenvalue weighted by molar-refractivity contribution is 4.72. The topological polar surface area (TPSA) is 38.5 Å². The summed E-state index contributed by atoms with van der Waals surface area (Å²) in [6.07, 6.45) is 1.05. The Hall–Kier alpha value is -0.120. The van der Waals surface area contributed by atoms with Crippen LogP contribution in [0, 0.1) is 5.92 Å². The van der Waals surface area contributed by atoms with Crippen LogP contribution in [0.25, 0.3) is 0 Å². The summed E-state index contributed by atoms with van der Waals surface area (Å²) in [6, 6.07) is 0.819. The minimum absolute atomic E-state index is 0.275. The maximum atomic E-state index is 5.83. The molecule has 0 saturated heterocycles. The van der Waals surface area contributed by atoms with Gasteiger partial charge in [-0.2, -0.15) is 0 Å². The van der Waals surface area contributed by atoms with Gasteiger partial charge in [-0.15, -0.1) is 0 Å². The highest BCUT2D eigenvalue weighted by Crippen LogP contribution is 2.08. The Morgan fingerprint density at radius 1 is 1.20 bits per heavy atom. The van der Waals surface area contributed by atoms with Gasteiger partial charge in [-0.3, -0.25) is 4.90 Å². The zero-order valence-electron chi connectivity index (χ0n) is 11.0. The second-order valence-electron chi connectivity index (χ2n) is 4.94. The van der Waals surface area contributed by atoms with Crippen molar-refractivity contribution in [3.8, 4) is 0 Å². The fourth-order valence-electron chi connectivity index (χ4n) is 1.86. The molecule has 92 valence electrons. The normalized spacial score (nSPS) is 16.0. The van der Waals surface area contributed by atoms with E-state index < -0.39 is 0 Å². The van der Waals surface area contributed by atoms with E-state index in [4.69, 9.17) is 10.5 Å². The van der Waals surface area contributed by atoms with Gasteiger partial charge in [0.05, 0.1) is 6.61 Å². The standard InChI is InChI=1S/C12H28N2O/c1-10(2)9-14(6-7-15-5)12(4)8-11(3)13/h10-12H,6-9,13H2,1-5H3. The van der Waals surface area contributed by atoms with Gasteiger partial charge in [0.2, 0.25) is 0 Å². The Kier molecular flexibility index (Phi) is 8.02. The van der Waals surface area contributed by atoms with E-state index in [1.54, 1.807) is 7.11 Å². The Morgan fingerprint density at radius 3 is 2.20 bits per heavy atom. The predicted octanol–water partition coefficient (Wildman–Crippen LogP) is 1.72. The van der Waals surface area contributed by atoms with Gasteiger partial charge in [0, 0.05) is 32.3 Å². The van der Waals surface area contributed by atoms with Gasteiger partial charge in [0.15, 0.2) is 0 Å². The van der Waals surface area contributed by atoms with Crippen molar-refractivity contribution in [3.63, 3.8) is 0 Å². The predicted molar refractivity (Wildman–Crippen MR) is 66.0 cm³/mol. The Bertz CT molecular complexity index is 149. The van der Waals surface area contributed by atoms with E-state index in [1.807, 2.05) is 0 Å². The first-order valence-corrected chi connectivity index (χ1v) is 5.96. The van der Waals surface area contributed by atoms with E-state index in [1.165, 1.54) is 0 Å². The molecule has 0 aliphatic heterocycles. The molecule has 2 unspecified atom stereocenters. The van der Waals surface area contributed by atoms with Crippen LogP contribution in [-0.2, 0) is 4.74 Å². The van der Waals surface area contributed by atoms with Gasteiger partial charge in [0.25, 0.3) is 0 Å². The number of rotatable bonds is 8. The van der Waals surface area contributed by atoms with Gasteiger partial charge in [-0.1, -0.05) is 13.8 Å². The first-order chi connectivity index (χ1) is 6.97. The second-order valence-corrected chi connectivity index (χ2v) is 4.94. The highest BCUT2D eigenvalue weighted by Gasteiger charge is 2.15. The number of nitrogens with two attached hydrogens (primary N) is 1. The van der Waals surface area contributed by atoms with Crippen molar-refractivity contribution in [1.29, 1.82) is 0 Å². The van der Waals surface area contributed by atoms with E-state index in [2.05, 4.69) is 32.6 Å². The van der Waals surface area contributed by atoms with Gasteiger partial charge < -0.3 is 10.5 Å².